The topological polar surface area (TPSA) is 126 Å². The monoisotopic (exact) mass is 886 g/mol. The summed E-state index contributed by atoms with van der Waals surface area (Å²) < 4.78 is 91.0. The van der Waals surface area contributed by atoms with Gasteiger partial charge in [0.2, 0.25) is 10.0 Å². The molecule has 1 aliphatic heterocycles. The molecule has 0 spiro atoms. The number of benzene rings is 2. The molecule has 4 atom stereocenters. The van der Waals surface area contributed by atoms with E-state index >= 15 is 13.2 Å². The lowest BCUT2D eigenvalue weighted by Gasteiger charge is -2.51. The molecule has 2 aliphatic rings. The highest BCUT2D eigenvalue weighted by Gasteiger charge is 2.66. The van der Waals surface area contributed by atoms with Crippen molar-refractivity contribution in [2.45, 2.75) is 94.1 Å². The van der Waals surface area contributed by atoms with Gasteiger partial charge in [0.1, 0.15) is 29.3 Å². The number of halogens is 3. The maximum Gasteiger partial charge on any atom is 0.261 e. The van der Waals surface area contributed by atoms with Gasteiger partial charge in [-0.15, -0.1) is 0 Å². The molecule has 0 amide bonds. The first kappa shape index (κ1) is 44.3. The van der Waals surface area contributed by atoms with Crippen LogP contribution in [0.25, 0.3) is 17.0 Å². The van der Waals surface area contributed by atoms with Crippen LogP contribution in [0.5, 0.6) is 0 Å². The zero-order valence-electron chi connectivity index (χ0n) is 35.5. The second-order valence-corrected chi connectivity index (χ2v) is 29.8. The Balaban J connectivity index is 1.48. The molecule has 2 aromatic carbocycles. The molecule has 4 unspecified atom stereocenters. The summed E-state index contributed by atoms with van der Waals surface area (Å²) in [5.41, 5.74) is -1.08. The minimum absolute atomic E-state index is 0.0164. The minimum Gasteiger partial charge on any atom is -0.401 e. The first-order valence-electron chi connectivity index (χ1n) is 20.2. The maximum absolute atomic E-state index is 17.5. The van der Waals surface area contributed by atoms with E-state index in [1.807, 2.05) is 42.6 Å². The molecule has 1 aliphatic carbocycles. The molecular formula is C45H53F3N6O4SSi2. The van der Waals surface area contributed by atoms with Crippen molar-refractivity contribution in [1.29, 1.82) is 0 Å². The number of primary sulfonamides is 1. The lowest BCUT2D eigenvalue weighted by molar-refractivity contribution is 0.0880. The molecule has 16 heteroatoms. The summed E-state index contributed by atoms with van der Waals surface area (Å²) in [6, 6.07) is 23.1. The van der Waals surface area contributed by atoms with Gasteiger partial charge in [0.05, 0.1) is 53.7 Å². The zero-order valence-corrected chi connectivity index (χ0v) is 38.3. The Morgan fingerprint density at radius 2 is 1.61 bits per heavy atom. The SMILES string of the molecule is CC1N=CC(F)=CC1(C1(c2ccc3cncn3c2-c2nc(CO[Si](c3ccccc3)(c3ccccc3)C(C)(C)C)cn2COCC[Si](C)(C)C)C=CC(F)=CC1F)S(N)(=O)=O. The van der Waals surface area contributed by atoms with Gasteiger partial charge < -0.3 is 13.7 Å². The second-order valence-electron chi connectivity index (χ2n) is 18.1. The summed E-state index contributed by atoms with van der Waals surface area (Å²) in [5.74, 6) is -1.72. The summed E-state index contributed by atoms with van der Waals surface area (Å²) in [6.07, 6.45) is 7.00. The first-order valence-corrected chi connectivity index (χ1v) is 27.4. The molecule has 61 heavy (non-hydrogen) atoms. The summed E-state index contributed by atoms with van der Waals surface area (Å²) in [5, 5.41) is 7.90. The number of allylic oxidation sites excluding steroid dienone is 5. The number of dihydropyridines is 1. The molecule has 322 valence electrons. The molecule has 0 saturated carbocycles. The Kier molecular flexibility index (Phi) is 12.0. The van der Waals surface area contributed by atoms with Gasteiger partial charge in [-0.1, -0.05) is 113 Å². The van der Waals surface area contributed by atoms with Crippen LogP contribution in [0.2, 0.25) is 30.7 Å². The maximum atomic E-state index is 17.5. The van der Waals surface area contributed by atoms with Crippen LogP contribution in [0.4, 0.5) is 13.2 Å². The van der Waals surface area contributed by atoms with Gasteiger partial charge >= 0.3 is 0 Å². The molecule has 0 saturated heterocycles. The highest BCUT2D eigenvalue weighted by atomic mass is 32.2. The van der Waals surface area contributed by atoms with E-state index < -0.39 is 60.4 Å². The first-order chi connectivity index (χ1) is 28.7. The number of hydrogen-bond donors (Lipinski definition) is 1. The van der Waals surface area contributed by atoms with E-state index in [2.05, 4.69) is 74.7 Å². The Labute approximate surface area is 357 Å². The van der Waals surface area contributed by atoms with Crippen LogP contribution in [0.15, 0.2) is 132 Å². The fourth-order valence-corrected chi connectivity index (χ4v) is 15.8. The number of aromatic nitrogens is 4. The zero-order chi connectivity index (χ0) is 44.0. The number of ether oxygens (including phenoxy) is 1. The van der Waals surface area contributed by atoms with Gasteiger partial charge in [0.15, 0.2) is 5.82 Å². The van der Waals surface area contributed by atoms with Crippen LogP contribution in [-0.4, -0.2) is 73.5 Å². The Bertz CT molecular complexity index is 2600. The van der Waals surface area contributed by atoms with Crippen LogP contribution < -0.4 is 15.5 Å². The van der Waals surface area contributed by atoms with E-state index in [-0.39, 0.29) is 35.5 Å². The lowest BCUT2D eigenvalue weighted by Crippen LogP contribution is -2.67. The molecule has 7 rings (SSSR count). The van der Waals surface area contributed by atoms with Crippen molar-refractivity contribution in [2.24, 2.45) is 10.1 Å². The van der Waals surface area contributed by atoms with Crippen LogP contribution in [0.3, 0.4) is 0 Å². The van der Waals surface area contributed by atoms with Crippen molar-refractivity contribution in [1.82, 2.24) is 18.9 Å². The van der Waals surface area contributed by atoms with Crippen LogP contribution in [0, 0.1) is 0 Å². The third-order valence-corrected chi connectivity index (χ3v) is 20.3. The third kappa shape index (κ3) is 7.86. The number of nitrogens with zero attached hydrogens (tertiary/aromatic N) is 5. The lowest BCUT2D eigenvalue weighted by atomic mass is 9.61. The molecule has 5 aromatic rings. The number of hydrogen-bond acceptors (Lipinski definition) is 7. The Hall–Kier alpha value is -4.72. The number of alkyl halides is 1. The second kappa shape index (κ2) is 16.5. The molecule has 3 aromatic heterocycles. The number of aliphatic imine (C=N–C) groups is 1. The van der Waals surface area contributed by atoms with Crippen molar-refractivity contribution >= 4 is 48.5 Å². The number of fused-ring (bicyclic) bond motifs is 1. The molecule has 2 N–H and O–H groups in total. The van der Waals surface area contributed by atoms with Gasteiger partial charge in [-0.05, 0) is 58.2 Å². The van der Waals surface area contributed by atoms with Crippen LogP contribution in [0.1, 0.15) is 39.0 Å². The van der Waals surface area contributed by atoms with Gasteiger partial charge in [-0.3, -0.25) is 9.39 Å². The number of nitrogens with two attached hydrogens (primary N) is 1. The molecular weight excluding hydrogens is 834 g/mol. The average Bonchev–Trinajstić information content (AvgIpc) is 3.84. The van der Waals surface area contributed by atoms with Crippen molar-refractivity contribution in [3.05, 3.63) is 139 Å². The number of sulfonamides is 1. The number of imidazole rings is 2. The highest BCUT2D eigenvalue weighted by Crippen LogP contribution is 2.55. The average molecular weight is 887 g/mol. The predicted octanol–water partition coefficient (Wildman–Crippen LogP) is 7.94. The highest BCUT2D eigenvalue weighted by molar-refractivity contribution is 7.91. The summed E-state index contributed by atoms with van der Waals surface area (Å²) in [6.45, 7) is 15.2. The van der Waals surface area contributed by atoms with E-state index in [9.17, 15) is 8.42 Å². The third-order valence-electron chi connectivity index (χ3n) is 11.9. The number of pyridine rings is 1. The minimum atomic E-state index is -4.95. The van der Waals surface area contributed by atoms with Crippen molar-refractivity contribution in [3.63, 3.8) is 0 Å². The molecule has 0 radical (unpaired) electrons. The normalized spacial score (nSPS) is 22.4. The Morgan fingerprint density at radius 1 is 0.951 bits per heavy atom. The van der Waals surface area contributed by atoms with Gasteiger partial charge in [-0.2, -0.15) is 0 Å². The predicted molar refractivity (Wildman–Crippen MR) is 241 cm³/mol. The summed E-state index contributed by atoms with van der Waals surface area (Å²) >= 11 is 0. The van der Waals surface area contributed by atoms with Crippen molar-refractivity contribution in [3.8, 4) is 11.5 Å². The van der Waals surface area contributed by atoms with E-state index in [1.54, 1.807) is 27.3 Å². The molecule has 10 nitrogen and oxygen atoms in total. The molecule has 0 fully saturated rings. The van der Waals surface area contributed by atoms with E-state index in [0.717, 1.165) is 40.9 Å². The fourth-order valence-electron chi connectivity index (χ4n) is 8.97. The van der Waals surface area contributed by atoms with Gasteiger partial charge in [0.25, 0.3) is 8.32 Å². The molecule has 4 heterocycles. The van der Waals surface area contributed by atoms with Crippen LogP contribution in [-0.2, 0) is 37.9 Å². The Morgan fingerprint density at radius 3 is 2.20 bits per heavy atom. The van der Waals surface area contributed by atoms with Gasteiger partial charge in [0, 0.05) is 20.9 Å². The largest absolute Gasteiger partial charge is 0.401 e. The van der Waals surface area contributed by atoms with E-state index in [1.165, 1.54) is 13.3 Å². The van der Waals surface area contributed by atoms with E-state index in [0.29, 0.717) is 23.9 Å². The van der Waals surface area contributed by atoms with E-state index in [4.69, 9.17) is 19.3 Å². The van der Waals surface area contributed by atoms with Crippen molar-refractivity contribution < 1.29 is 30.8 Å². The number of rotatable bonds is 14. The quantitative estimate of drug-likeness (QED) is 0.0892. The smallest absolute Gasteiger partial charge is 0.261 e. The molecule has 0 bridgehead atoms. The summed E-state index contributed by atoms with van der Waals surface area (Å²) in [7, 11) is -9.52. The summed E-state index contributed by atoms with van der Waals surface area (Å²) in [4.78, 5) is 13.8. The fraction of sp³-hybridized carbons (Fsp3) is 0.356. The standard InChI is InChI=1S/C45H53F3N6O4SSi2/c1-32-45(59(49,55)56,25-34(47)26-51-32)44(21-20-33(46)24-40(44)48)39-19-18-36-27-50-30-54(36)41(39)42-52-35(28-53(42)31-57-22-23-60(5,6)7)29-58-61(43(2,3)4,37-14-10-8-11-15-37)38-16-12-9-13-17-38/h8-21,24-28,30,32,40H,22-23,29,31H2,1-7H3,(H2,49,55,56). The van der Waals surface area contributed by atoms with Gasteiger partial charge in [-0.25, -0.2) is 36.7 Å². The van der Waals surface area contributed by atoms with Crippen LogP contribution >= 0.6 is 0 Å². The van der Waals surface area contributed by atoms with Crippen molar-refractivity contribution in [2.75, 3.05) is 6.61 Å².